The van der Waals surface area contributed by atoms with Crippen molar-refractivity contribution in [1.29, 1.82) is 0 Å². The van der Waals surface area contributed by atoms with Crippen molar-refractivity contribution in [2.24, 2.45) is 11.8 Å². The zero-order chi connectivity index (χ0) is 13.1. The van der Waals surface area contributed by atoms with Crippen molar-refractivity contribution in [2.45, 2.75) is 70.3 Å². The van der Waals surface area contributed by atoms with Crippen molar-refractivity contribution in [2.75, 3.05) is 0 Å². The van der Waals surface area contributed by atoms with Gasteiger partial charge in [0.15, 0.2) is 0 Å². The van der Waals surface area contributed by atoms with Gasteiger partial charge in [-0.1, -0.05) is 6.92 Å². The molecule has 0 saturated heterocycles. The van der Waals surface area contributed by atoms with Crippen LogP contribution in [0, 0.1) is 11.8 Å². The van der Waals surface area contributed by atoms with Gasteiger partial charge in [0.05, 0.1) is 5.92 Å². The molecule has 2 aliphatic rings. The zero-order valence-corrected chi connectivity index (χ0v) is 10.9. The van der Waals surface area contributed by atoms with E-state index in [0.29, 0.717) is 44.4 Å². The van der Waals surface area contributed by atoms with E-state index in [-0.39, 0.29) is 6.10 Å². The lowest BCUT2D eigenvalue weighted by molar-refractivity contribution is -0.160. The summed E-state index contributed by atoms with van der Waals surface area (Å²) in [5, 5.41) is 0. The van der Waals surface area contributed by atoms with Gasteiger partial charge in [-0.25, -0.2) is 8.78 Å². The van der Waals surface area contributed by atoms with Gasteiger partial charge in [0.1, 0.15) is 18.4 Å². The fraction of sp³-hybridized carbons (Fsp3) is 0.929. The fourth-order valence-electron chi connectivity index (χ4n) is 2.97. The van der Waals surface area contributed by atoms with Crippen LogP contribution in [0.1, 0.15) is 51.9 Å². The van der Waals surface area contributed by atoms with E-state index < -0.39 is 24.2 Å². The number of alkyl halides is 2. The average Bonchev–Trinajstić information content (AvgIpc) is 2.32. The summed E-state index contributed by atoms with van der Waals surface area (Å²) in [4.78, 5) is 11.9. The van der Waals surface area contributed by atoms with Gasteiger partial charge >= 0.3 is 5.97 Å². The second kappa shape index (κ2) is 5.98. The lowest BCUT2D eigenvalue weighted by Crippen LogP contribution is -2.35. The summed E-state index contributed by atoms with van der Waals surface area (Å²) >= 11 is 0. The first-order valence-corrected chi connectivity index (χ1v) is 7.05. The molecule has 0 N–H and O–H groups in total. The minimum atomic E-state index is -1.07. The number of hydrogen-bond acceptors (Lipinski definition) is 2. The highest BCUT2D eigenvalue weighted by molar-refractivity contribution is 5.73. The number of rotatable bonds is 2. The van der Waals surface area contributed by atoms with Crippen LogP contribution in [-0.4, -0.2) is 24.4 Å². The molecule has 0 bridgehead atoms. The lowest BCUT2D eigenvalue weighted by atomic mass is 9.81. The van der Waals surface area contributed by atoms with Crippen LogP contribution in [0.4, 0.5) is 8.78 Å². The number of hydrogen-bond donors (Lipinski definition) is 0. The molecule has 0 heterocycles. The molecule has 2 aliphatic carbocycles. The Morgan fingerprint density at radius 1 is 1.06 bits per heavy atom. The molecular weight excluding hydrogens is 238 g/mol. The van der Waals surface area contributed by atoms with Crippen LogP contribution in [0.25, 0.3) is 0 Å². The van der Waals surface area contributed by atoms with Crippen molar-refractivity contribution < 1.29 is 18.3 Å². The molecule has 0 amide bonds. The number of halogens is 2. The maximum Gasteiger partial charge on any atom is 0.312 e. The SMILES string of the molecule is CC1CCC(C(=O)OC2CCC(F)CC2)C(F)C1. The Balaban J connectivity index is 1.80. The van der Waals surface area contributed by atoms with Gasteiger partial charge in [-0.2, -0.15) is 0 Å². The molecule has 2 saturated carbocycles. The van der Waals surface area contributed by atoms with Crippen molar-refractivity contribution in [3.05, 3.63) is 0 Å². The first kappa shape index (κ1) is 13.8. The Bertz CT molecular complexity index is 288. The van der Waals surface area contributed by atoms with Crippen molar-refractivity contribution in [1.82, 2.24) is 0 Å². The van der Waals surface area contributed by atoms with Crippen LogP contribution in [0.5, 0.6) is 0 Å². The second-order valence-electron chi connectivity index (χ2n) is 5.85. The molecule has 3 unspecified atom stereocenters. The van der Waals surface area contributed by atoms with Gasteiger partial charge < -0.3 is 4.74 Å². The van der Waals surface area contributed by atoms with E-state index in [2.05, 4.69) is 0 Å². The molecule has 2 nitrogen and oxygen atoms in total. The van der Waals surface area contributed by atoms with Crippen molar-refractivity contribution in [3.8, 4) is 0 Å². The van der Waals surface area contributed by atoms with Crippen LogP contribution in [0.15, 0.2) is 0 Å². The summed E-state index contributed by atoms with van der Waals surface area (Å²) in [5.74, 6) is -0.646. The highest BCUT2D eigenvalue weighted by Crippen LogP contribution is 2.33. The summed E-state index contributed by atoms with van der Waals surface area (Å²) < 4.78 is 32.1. The number of carbonyl (C=O) groups excluding carboxylic acids is 1. The summed E-state index contributed by atoms with van der Waals surface area (Å²) in [5.41, 5.74) is 0. The minimum absolute atomic E-state index is 0.198. The Morgan fingerprint density at radius 2 is 1.72 bits per heavy atom. The Morgan fingerprint density at radius 3 is 2.33 bits per heavy atom. The summed E-state index contributed by atoms with van der Waals surface area (Å²) in [6.07, 6.45) is 1.96. The smallest absolute Gasteiger partial charge is 0.312 e. The highest BCUT2D eigenvalue weighted by Gasteiger charge is 2.36. The molecule has 2 rings (SSSR count). The van der Waals surface area contributed by atoms with Crippen LogP contribution in [-0.2, 0) is 9.53 Å². The van der Waals surface area contributed by atoms with Crippen LogP contribution < -0.4 is 0 Å². The van der Waals surface area contributed by atoms with E-state index in [9.17, 15) is 13.6 Å². The largest absolute Gasteiger partial charge is 0.462 e. The molecule has 4 heteroatoms. The molecule has 0 radical (unpaired) electrons. The predicted molar refractivity (Wildman–Crippen MR) is 64.6 cm³/mol. The van der Waals surface area contributed by atoms with Gasteiger partial charge in [-0.05, 0) is 50.9 Å². The van der Waals surface area contributed by atoms with Crippen molar-refractivity contribution in [3.63, 3.8) is 0 Å². The Hall–Kier alpha value is -0.670. The summed E-state index contributed by atoms with van der Waals surface area (Å²) in [6.45, 7) is 2.01. The molecule has 0 spiro atoms. The molecule has 0 aliphatic heterocycles. The fourth-order valence-corrected chi connectivity index (χ4v) is 2.97. The average molecular weight is 260 g/mol. The molecular formula is C14H22F2O2. The maximum absolute atomic E-state index is 13.8. The second-order valence-corrected chi connectivity index (χ2v) is 5.85. The molecule has 0 aromatic rings. The number of ether oxygens (including phenoxy) is 1. The monoisotopic (exact) mass is 260 g/mol. The zero-order valence-electron chi connectivity index (χ0n) is 10.9. The van der Waals surface area contributed by atoms with Gasteiger partial charge in [0.25, 0.3) is 0 Å². The first-order chi connectivity index (χ1) is 8.56. The van der Waals surface area contributed by atoms with E-state index in [1.54, 1.807) is 0 Å². The predicted octanol–water partition coefficient (Wildman–Crippen LogP) is 3.58. The summed E-state index contributed by atoms with van der Waals surface area (Å²) in [6, 6.07) is 0. The summed E-state index contributed by atoms with van der Waals surface area (Å²) in [7, 11) is 0. The molecule has 3 atom stereocenters. The Kier molecular flexibility index (Phi) is 4.57. The standard InChI is InChI=1S/C14H22F2O2/c1-9-2-7-12(13(16)8-9)14(17)18-11-5-3-10(15)4-6-11/h9-13H,2-8H2,1H3. The third-order valence-electron chi connectivity index (χ3n) is 4.22. The third-order valence-corrected chi connectivity index (χ3v) is 4.22. The van der Waals surface area contributed by atoms with Gasteiger partial charge in [-0.15, -0.1) is 0 Å². The minimum Gasteiger partial charge on any atom is -0.462 e. The highest BCUT2D eigenvalue weighted by atomic mass is 19.1. The molecule has 104 valence electrons. The van der Waals surface area contributed by atoms with E-state index in [0.717, 1.165) is 6.42 Å². The third kappa shape index (κ3) is 3.42. The van der Waals surface area contributed by atoms with Gasteiger partial charge in [-0.3, -0.25) is 4.79 Å². The first-order valence-electron chi connectivity index (χ1n) is 7.05. The van der Waals surface area contributed by atoms with Crippen LogP contribution in [0.3, 0.4) is 0 Å². The number of esters is 1. The topological polar surface area (TPSA) is 26.3 Å². The normalized spacial score (nSPS) is 41.4. The molecule has 2 fully saturated rings. The van der Waals surface area contributed by atoms with E-state index in [1.165, 1.54) is 0 Å². The maximum atomic E-state index is 13.8. The Labute approximate surface area is 107 Å². The molecule has 18 heavy (non-hydrogen) atoms. The van der Waals surface area contributed by atoms with Gasteiger partial charge in [0, 0.05) is 0 Å². The molecule has 0 aromatic heterocycles. The quantitative estimate of drug-likeness (QED) is 0.709. The van der Waals surface area contributed by atoms with Crippen LogP contribution in [0.2, 0.25) is 0 Å². The lowest BCUT2D eigenvalue weighted by Gasteiger charge is -2.31. The van der Waals surface area contributed by atoms with E-state index >= 15 is 0 Å². The van der Waals surface area contributed by atoms with Gasteiger partial charge in [0.2, 0.25) is 0 Å². The molecule has 0 aromatic carbocycles. The van der Waals surface area contributed by atoms with E-state index in [1.807, 2.05) is 6.92 Å². The van der Waals surface area contributed by atoms with Crippen molar-refractivity contribution >= 4 is 5.97 Å². The number of carbonyl (C=O) groups is 1. The van der Waals surface area contributed by atoms with E-state index in [4.69, 9.17) is 4.74 Å². The van der Waals surface area contributed by atoms with Crippen LogP contribution >= 0.6 is 0 Å².